The molecule has 0 bridgehead atoms. The molecule has 3 aromatic carbocycles. The number of guanidine groups is 2. The summed E-state index contributed by atoms with van der Waals surface area (Å²) in [4.78, 5) is 29.9. The van der Waals surface area contributed by atoms with E-state index in [1.54, 1.807) is 18.2 Å². The maximum atomic E-state index is 11.6. The van der Waals surface area contributed by atoms with E-state index in [1.165, 1.54) is 13.1 Å². The van der Waals surface area contributed by atoms with Crippen LogP contribution in [-0.4, -0.2) is 30.8 Å². The highest BCUT2D eigenvalue weighted by molar-refractivity contribution is 6.03. The van der Waals surface area contributed by atoms with Crippen molar-refractivity contribution in [1.82, 2.24) is 5.32 Å². The number of nitrogens with two attached hydrogens (primary N) is 3. The van der Waals surface area contributed by atoms with E-state index in [1.807, 2.05) is 72.8 Å². The number of hydrogen-bond acceptors (Lipinski definition) is 3. The number of nitrogens with zero attached hydrogens (tertiary/aromatic N) is 2. The minimum Gasteiger partial charge on any atom is -0.370 e. The normalized spacial score (nSPS) is 10.6. The van der Waals surface area contributed by atoms with Gasteiger partial charge in [-0.2, -0.15) is 4.99 Å². The summed E-state index contributed by atoms with van der Waals surface area (Å²) >= 11 is 0. The molecular formula is C25H26N6O2. The zero-order valence-corrected chi connectivity index (χ0v) is 18.2. The monoisotopic (exact) mass is 442 g/mol. The summed E-state index contributed by atoms with van der Waals surface area (Å²) < 4.78 is 0. The molecule has 0 aliphatic carbocycles. The van der Waals surface area contributed by atoms with Crippen LogP contribution in [0.2, 0.25) is 0 Å². The standard InChI is InChI=1S/C14H13N3O.C11H13N3O/c15-14(16)17-13(18)12-8-6-11(7-9-12)10-4-2-1-3-5-10;1-13-11(12)14-10(15)8-7-9-5-3-2-4-6-9/h1-9H,(H4,15,16,17,18);2-8H,1H3,(H3,12,13,14,15). The molecule has 168 valence electrons. The highest BCUT2D eigenvalue weighted by Crippen LogP contribution is 2.19. The van der Waals surface area contributed by atoms with E-state index in [0.717, 1.165) is 16.7 Å². The number of nitrogens with one attached hydrogen (secondary N) is 1. The molecule has 0 aliphatic rings. The van der Waals surface area contributed by atoms with Crippen molar-refractivity contribution in [1.29, 1.82) is 0 Å². The molecule has 0 radical (unpaired) electrons. The summed E-state index contributed by atoms with van der Waals surface area (Å²) in [5.41, 5.74) is 19.2. The largest absolute Gasteiger partial charge is 0.370 e. The van der Waals surface area contributed by atoms with E-state index in [9.17, 15) is 9.59 Å². The second-order valence-corrected chi connectivity index (χ2v) is 6.63. The smallest absolute Gasteiger partial charge is 0.280 e. The molecule has 0 saturated heterocycles. The Morgan fingerprint density at radius 3 is 1.88 bits per heavy atom. The Kier molecular flexibility index (Phi) is 9.56. The number of amides is 2. The van der Waals surface area contributed by atoms with Gasteiger partial charge in [0.2, 0.25) is 0 Å². The lowest BCUT2D eigenvalue weighted by atomic mass is 10.0. The van der Waals surface area contributed by atoms with Crippen LogP contribution in [0.15, 0.2) is 101 Å². The van der Waals surface area contributed by atoms with Crippen LogP contribution < -0.4 is 22.5 Å². The first-order valence-electron chi connectivity index (χ1n) is 9.95. The van der Waals surface area contributed by atoms with Crippen LogP contribution >= 0.6 is 0 Å². The van der Waals surface area contributed by atoms with E-state index in [-0.39, 0.29) is 17.8 Å². The molecule has 0 heterocycles. The predicted molar refractivity (Wildman–Crippen MR) is 133 cm³/mol. The van der Waals surface area contributed by atoms with Gasteiger partial charge in [0.05, 0.1) is 0 Å². The van der Waals surface area contributed by atoms with E-state index < -0.39 is 5.91 Å². The third-order valence-corrected chi connectivity index (χ3v) is 4.19. The first-order valence-corrected chi connectivity index (χ1v) is 9.95. The summed E-state index contributed by atoms with van der Waals surface area (Å²) in [6.45, 7) is 0. The molecule has 0 spiro atoms. The summed E-state index contributed by atoms with van der Waals surface area (Å²) in [5.74, 6) is -0.846. The van der Waals surface area contributed by atoms with Crippen LogP contribution in [0.25, 0.3) is 17.2 Å². The zero-order valence-electron chi connectivity index (χ0n) is 18.2. The number of hydrogen-bond donors (Lipinski definition) is 4. The Morgan fingerprint density at radius 1 is 0.788 bits per heavy atom. The Hall–Kier alpha value is -4.72. The minimum absolute atomic E-state index is 0.109. The Bertz CT molecular complexity index is 1130. The van der Waals surface area contributed by atoms with Crippen LogP contribution in [0, 0.1) is 0 Å². The molecular weight excluding hydrogens is 416 g/mol. The fraction of sp³-hybridized carbons (Fsp3) is 0.0400. The molecule has 7 N–H and O–H groups in total. The van der Waals surface area contributed by atoms with Gasteiger partial charge in [0.1, 0.15) is 0 Å². The minimum atomic E-state index is -0.436. The van der Waals surface area contributed by atoms with Crippen LogP contribution in [0.5, 0.6) is 0 Å². The third kappa shape index (κ3) is 8.89. The highest BCUT2D eigenvalue weighted by atomic mass is 16.2. The van der Waals surface area contributed by atoms with E-state index in [0.29, 0.717) is 5.56 Å². The van der Waals surface area contributed by atoms with Gasteiger partial charge >= 0.3 is 0 Å². The van der Waals surface area contributed by atoms with Gasteiger partial charge < -0.3 is 17.2 Å². The first-order chi connectivity index (χ1) is 15.9. The molecule has 0 saturated carbocycles. The maximum Gasteiger partial charge on any atom is 0.280 e. The van der Waals surface area contributed by atoms with Crippen LogP contribution in [0.1, 0.15) is 15.9 Å². The quantitative estimate of drug-likeness (QED) is 0.278. The van der Waals surface area contributed by atoms with Gasteiger partial charge in [0, 0.05) is 18.7 Å². The van der Waals surface area contributed by atoms with Crippen molar-refractivity contribution in [3.8, 4) is 11.1 Å². The van der Waals surface area contributed by atoms with Gasteiger partial charge in [0.15, 0.2) is 11.9 Å². The summed E-state index contributed by atoms with van der Waals surface area (Å²) in [6, 6.07) is 26.6. The Labute approximate surface area is 192 Å². The molecule has 0 fully saturated rings. The molecule has 8 heteroatoms. The van der Waals surface area contributed by atoms with Crippen molar-refractivity contribution < 1.29 is 9.59 Å². The molecule has 0 atom stereocenters. The lowest BCUT2D eigenvalue weighted by molar-refractivity contribution is -0.115. The molecule has 8 nitrogen and oxygen atoms in total. The highest BCUT2D eigenvalue weighted by Gasteiger charge is 2.04. The van der Waals surface area contributed by atoms with Crippen molar-refractivity contribution in [2.75, 3.05) is 7.05 Å². The molecule has 3 aromatic rings. The predicted octanol–water partition coefficient (Wildman–Crippen LogP) is 2.53. The number of carbonyl (C=O) groups is 2. The van der Waals surface area contributed by atoms with Crippen LogP contribution in [0.3, 0.4) is 0 Å². The molecule has 33 heavy (non-hydrogen) atoms. The van der Waals surface area contributed by atoms with E-state index in [4.69, 9.17) is 17.2 Å². The van der Waals surface area contributed by atoms with E-state index >= 15 is 0 Å². The molecule has 2 amide bonds. The maximum absolute atomic E-state index is 11.6. The SMILES string of the molecule is CN=C(N)NC(=O)C=Cc1ccccc1.NC(N)=NC(=O)c1ccc(-c2ccccc2)cc1. The number of aliphatic imine (C=N–C) groups is 2. The second-order valence-electron chi connectivity index (χ2n) is 6.63. The lowest BCUT2D eigenvalue weighted by Gasteiger charge is -2.02. The van der Waals surface area contributed by atoms with Crippen molar-refractivity contribution in [2.45, 2.75) is 0 Å². The van der Waals surface area contributed by atoms with Crippen molar-refractivity contribution in [2.24, 2.45) is 27.2 Å². The fourth-order valence-corrected chi connectivity index (χ4v) is 2.58. The third-order valence-electron chi connectivity index (χ3n) is 4.19. The topological polar surface area (TPSA) is 149 Å². The van der Waals surface area contributed by atoms with E-state index in [2.05, 4.69) is 15.3 Å². The summed E-state index contributed by atoms with van der Waals surface area (Å²) in [6.07, 6.45) is 3.12. The Balaban J connectivity index is 0.000000238. The van der Waals surface area contributed by atoms with Crippen molar-refractivity contribution in [3.63, 3.8) is 0 Å². The number of carbonyl (C=O) groups excluding carboxylic acids is 2. The van der Waals surface area contributed by atoms with Crippen molar-refractivity contribution >= 4 is 29.8 Å². The Morgan fingerprint density at radius 2 is 1.33 bits per heavy atom. The number of benzene rings is 3. The van der Waals surface area contributed by atoms with Gasteiger partial charge in [-0.05, 0) is 34.9 Å². The van der Waals surface area contributed by atoms with Gasteiger partial charge in [-0.1, -0.05) is 72.8 Å². The van der Waals surface area contributed by atoms with Crippen LogP contribution in [0.4, 0.5) is 0 Å². The second kappa shape index (κ2) is 12.9. The summed E-state index contributed by atoms with van der Waals surface area (Å²) in [7, 11) is 1.51. The lowest BCUT2D eigenvalue weighted by Crippen LogP contribution is -2.35. The van der Waals surface area contributed by atoms with Gasteiger partial charge in [-0.25, -0.2) is 0 Å². The van der Waals surface area contributed by atoms with Crippen molar-refractivity contribution in [3.05, 3.63) is 102 Å². The molecule has 3 rings (SSSR count). The first kappa shape index (κ1) is 24.5. The molecule has 0 aromatic heterocycles. The molecule has 0 unspecified atom stereocenters. The van der Waals surface area contributed by atoms with Gasteiger partial charge in [0.25, 0.3) is 11.8 Å². The number of rotatable bonds is 4. The average Bonchev–Trinajstić information content (AvgIpc) is 2.84. The van der Waals surface area contributed by atoms with Crippen LogP contribution in [-0.2, 0) is 4.79 Å². The fourth-order valence-electron chi connectivity index (χ4n) is 2.58. The zero-order chi connectivity index (χ0) is 24.1. The summed E-state index contributed by atoms with van der Waals surface area (Å²) in [5, 5.41) is 2.40. The molecule has 0 aliphatic heterocycles. The van der Waals surface area contributed by atoms with Gasteiger partial charge in [-0.15, -0.1) is 0 Å². The average molecular weight is 443 g/mol. The van der Waals surface area contributed by atoms with Gasteiger partial charge in [-0.3, -0.25) is 19.9 Å².